The van der Waals surface area contributed by atoms with Gasteiger partial charge in [0.2, 0.25) is 0 Å². The predicted octanol–water partition coefficient (Wildman–Crippen LogP) is 4.64. The van der Waals surface area contributed by atoms with Crippen LogP contribution in [0.15, 0.2) is 72.3 Å². The van der Waals surface area contributed by atoms with Crippen LogP contribution < -0.4 is 20.3 Å². The Kier molecular flexibility index (Phi) is 7.17. The summed E-state index contributed by atoms with van der Waals surface area (Å²) in [4.78, 5) is 50.8. The largest absolute Gasteiger partial charge is 0.482 e. The Labute approximate surface area is 212 Å². The summed E-state index contributed by atoms with van der Waals surface area (Å²) in [5.41, 5.74) is 3.27. The fourth-order valence-electron chi connectivity index (χ4n) is 3.64. The highest BCUT2D eigenvalue weighted by Gasteiger charge is 2.36. The van der Waals surface area contributed by atoms with E-state index >= 15 is 0 Å². The number of rotatable bonds is 6. The van der Waals surface area contributed by atoms with E-state index < -0.39 is 17.8 Å². The van der Waals surface area contributed by atoms with Crippen molar-refractivity contribution in [2.75, 3.05) is 16.8 Å². The van der Waals surface area contributed by atoms with Crippen molar-refractivity contribution in [2.45, 2.75) is 13.8 Å². The first-order valence-electron chi connectivity index (χ1n) is 11.0. The van der Waals surface area contributed by atoms with Gasteiger partial charge in [0, 0.05) is 5.69 Å². The molecule has 36 heavy (non-hydrogen) atoms. The van der Waals surface area contributed by atoms with E-state index in [1.807, 2.05) is 32.0 Å². The van der Waals surface area contributed by atoms with E-state index in [0.717, 1.165) is 16.0 Å². The van der Waals surface area contributed by atoms with Crippen molar-refractivity contribution >= 4 is 52.8 Å². The van der Waals surface area contributed by atoms with Gasteiger partial charge in [0.15, 0.2) is 6.61 Å². The molecule has 3 aromatic rings. The Morgan fingerprint density at radius 1 is 1.03 bits per heavy atom. The molecule has 1 fully saturated rings. The minimum Gasteiger partial charge on any atom is -0.482 e. The Hall–Kier alpha value is -4.43. The van der Waals surface area contributed by atoms with Crippen LogP contribution in [0.1, 0.15) is 16.7 Å². The number of ether oxygens (including phenoxy) is 1. The Morgan fingerprint density at radius 3 is 2.47 bits per heavy atom. The molecule has 9 heteroatoms. The quantitative estimate of drug-likeness (QED) is 0.376. The third-order valence-corrected chi connectivity index (χ3v) is 5.69. The molecule has 0 bridgehead atoms. The maximum Gasteiger partial charge on any atom is 0.335 e. The minimum absolute atomic E-state index is 0.184. The lowest BCUT2D eigenvalue weighted by atomic mass is 10.1. The molecule has 0 aromatic heterocycles. The smallest absolute Gasteiger partial charge is 0.335 e. The second kappa shape index (κ2) is 10.5. The second-order valence-electron chi connectivity index (χ2n) is 8.14. The predicted molar refractivity (Wildman–Crippen MR) is 137 cm³/mol. The lowest BCUT2D eigenvalue weighted by molar-refractivity contribution is -0.122. The van der Waals surface area contributed by atoms with Gasteiger partial charge in [-0.05, 0) is 61.4 Å². The standard InChI is InChI=1S/C27H22ClN3O5/c1-16-8-10-22(17(2)12-16)29-24(32)15-36-23-11-9-18(14-21(23)28)13-20-25(33)30-27(35)31(26(20)34)19-6-4-3-5-7-19/h3-14H,15H2,1-2H3,(H,29,32)(H,30,33,35)/b20-13-. The van der Waals surface area contributed by atoms with E-state index in [9.17, 15) is 19.2 Å². The van der Waals surface area contributed by atoms with Crippen LogP contribution in [-0.4, -0.2) is 30.4 Å². The fraction of sp³-hybridized carbons (Fsp3) is 0.111. The number of carbonyl (C=O) groups excluding carboxylic acids is 4. The van der Waals surface area contributed by atoms with E-state index in [1.54, 1.807) is 36.4 Å². The molecule has 2 N–H and O–H groups in total. The molecule has 1 saturated heterocycles. The van der Waals surface area contributed by atoms with E-state index in [0.29, 0.717) is 16.9 Å². The monoisotopic (exact) mass is 503 g/mol. The molecule has 0 aliphatic carbocycles. The van der Waals surface area contributed by atoms with Gasteiger partial charge in [0.25, 0.3) is 17.7 Å². The summed E-state index contributed by atoms with van der Waals surface area (Å²) in [5, 5.41) is 5.15. The van der Waals surface area contributed by atoms with Crippen molar-refractivity contribution < 1.29 is 23.9 Å². The molecule has 0 atom stereocenters. The first-order valence-corrected chi connectivity index (χ1v) is 11.4. The molecule has 0 spiro atoms. The van der Waals surface area contributed by atoms with Gasteiger partial charge in [0.1, 0.15) is 11.3 Å². The van der Waals surface area contributed by atoms with Crippen molar-refractivity contribution in [1.82, 2.24) is 5.32 Å². The van der Waals surface area contributed by atoms with Crippen LogP contribution in [0.4, 0.5) is 16.2 Å². The highest BCUT2D eigenvalue weighted by molar-refractivity contribution is 6.39. The number of hydrogen-bond donors (Lipinski definition) is 2. The Bertz CT molecular complexity index is 1400. The van der Waals surface area contributed by atoms with Crippen LogP contribution in [0.25, 0.3) is 6.08 Å². The molecular formula is C27H22ClN3O5. The number of anilines is 2. The molecule has 0 radical (unpaired) electrons. The number of para-hydroxylation sites is 1. The van der Waals surface area contributed by atoms with Crippen LogP contribution in [0, 0.1) is 13.8 Å². The number of halogens is 1. The molecular weight excluding hydrogens is 482 g/mol. The number of imide groups is 2. The number of carbonyl (C=O) groups is 4. The Balaban J connectivity index is 1.46. The molecule has 1 heterocycles. The van der Waals surface area contributed by atoms with Crippen LogP contribution in [0.2, 0.25) is 5.02 Å². The highest BCUT2D eigenvalue weighted by atomic mass is 35.5. The summed E-state index contributed by atoms with van der Waals surface area (Å²) in [5.74, 6) is -1.65. The molecule has 0 unspecified atom stereocenters. The Morgan fingerprint density at radius 2 is 1.78 bits per heavy atom. The normalized spacial score (nSPS) is 14.6. The van der Waals surface area contributed by atoms with E-state index in [-0.39, 0.29) is 28.9 Å². The van der Waals surface area contributed by atoms with Crippen molar-refractivity contribution in [2.24, 2.45) is 0 Å². The molecule has 1 aliphatic heterocycles. The fourth-order valence-corrected chi connectivity index (χ4v) is 3.89. The van der Waals surface area contributed by atoms with E-state index in [2.05, 4.69) is 10.6 Å². The molecule has 5 amide bonds. The first-order chi connectivity index (χ1) is 17.2. The number of amides is 5. The first kappa shape index (κ1) is 24.7. The summed E-state index contributed by atoms with van der Waals surface area (Å²) in [7, 11) is 0. The van der Waals surface area contributed by atoms with Gasteiger partial charge in [-0.2, -0.15) is 0 Å². The average Bonchev–Trinajstić information content (AvgIpc) is 2.83. The van der Waals surface area contributed by atoms with Crippen molar-refractivity contribution in [3.8, 4) is 5.75 Å². The van der Waals surface area contributed by atoms with Gasteiger partial charge in [-0.15, -0.1) is 0 Å². The van der Waals surface area contributed by atoms with Crippen molar-refractivity contribution in [1.29, 1.82) is 0 Å². The van der Waals surface area contributed by atoms with Gasteiger partial charge in [0.05, 0.1) is 10.7 Å². The van der Waals surface area contributed by atoms with Crippen LogP contribution in [-0.2, 0) is 14.4 Å². The summed E-state index contributed by atoms with van der Waals surface area (Å²) in [6, 6.07) is 17.8. The van der Waals surface area contributed by atoms with Gasteiger partial charge < -0.3 is 10.1 Å². The number of barbiturate groups is 1. The number of nitrogens with zero attached hydrogens (tertiary/aromatic N) is 1. The lowest BCUT2D eigenvalue weighted by Gasteiger charge is -2.26. The van der Waals surface area contributed by atoms with Crippen LogP contribution in [0.5, 0.6) is 5.75 Å². The van der Waals surface area contributed by atoms with Gasteiger partial charge in [-0.25, -0.2) is 9.69 Å². The maximum atomic E-state index is 12.9. The number of urea groups is 1. The summed E-state index contributed by atoms with van der Waals surface area (Å²) in [6.45, 7) is 3.61. The number of aryl methyl sites for hydroxylation is 2. The molecule has 3 aromatic carbocycles. The van der Waals surface area contributed by atoms with Crippen LogP contribution in [0.3, 0.4) is 0 Å². The van der Waals surface area contributed by atoms with Crippen molar-refractivity contribution in [3.05, 3.63) is 94.0 Å². The number of benzene rings is 3. The van der Waals surface area contributed by atoms with E-state index in [4.69, 9.17) is 16.3 Å². The van der Waals surface area contributed by atoms with Gasteiger partial charge >= 0.3 is 6.03 Å². The number of nitrogens with one attached hydrogen (secondary N) is 2. The SMILES string of the molecule is Cc1ccc(NC(=O)COc2ccc(/C=C3/C(=O)NC(=O)N(c4ccccc4)C3=O)cc2Cl)c(C)c1. The maximum absolute atomic E-state index is 12.9. The van der Waals surface area contributed by atoms with Gasteiger partial charge in [-0.1, -0.05) is 53.6 Å². The molecule has 1 aliphatic rings. The van der Waals surface area contributed by atoms with Gasteiger partial charge in [-0.3, -0.25) is 19.7 Å². The molecule has 0 saturated carbocycles. The minimum atomic E-state index is -0.825. The summed E-state index contributed by atoms with van der Waals surface area (Å²) in [6.07, 6.45) is 1.34. The lowest BCUT2D eigenvalue weighted by Crippen LogP contribution is -2.54. The highest BCUT2D eigenvalue weighted by Crippen LogP contribution is 2.28. The zero-order valence-electron chi connectivity index (χ0n) is 19.5. The summed E-state index contributed by atoms with van der Waals surface area (Å²) < 4.78 is 5.55. The number of hydrogen-bond acceptors (Lipinski definition) is 5. The summed E-state index contributed by atoms with van der Waals surface area (Å²) >= 11 is 6.32. The van der Waals surface area contributed by atoms with E-state index in [1.165, 1.54) is 18.2 Å². The topological polar surface area (TPSA) is 105 Å². The average molecular weight is 504 g/mol. The van der Waals surface area contributed by atoms with Crippen molar-refractivity contribution in [3.63, 3.8) is 0 Å². The third-order valence-electron chi connectivity index (χ3n) is 5.40. The zero-order valence-corrected chi connectivity index (χ0v) is 20.3. The molecule has 182 valence electrons. The van der Waals surface area contributed by atoms with Crippen LogP contribution >= 0.6 is 11.6 Å². The third kappa shape index (κ3) is 5.45. The molecule has 8 nitrogen and oxygen atoms in total. The second-order valence-corrected chi connectivity index (χ2v) is 8.55. The zero-order chi connectivity index (χ0) is 25.8. The molecule has 4 rings (SSSR count).